The molecule has 8 heteroatoms. The highest BCUT2D eigenvalue weighted by Gasteiger charge is 2.49. The lowest BCUT2D eigenvalue weighted by molar-refractivity contribution is -0.140. The van der Waals surface area contributed by atoms with Crippen molar-refractivity contribution in [3.8, 4) is 5.75 Å². The van der Waals surface area contributed by atoms with Gasteiger partial charge in [0.2, 0.25) is 11.8 Å². The minimum atomic E-state index is -0.959. The molecule has 1 aliphatic rings. The second-order valence-corrected chi connectivity index (χ2v) is 5.64. The van der Waals surface area contributed by atoms with Gasteiger partial charge in [0.05, 0.1) is 18.9 Å². The summed E-state index contributed by atoms with van der Waals surface area (Å²) in [6.45, 7) is 1.65. The Hall–Kier alpha value is -2.90. The summed E-state index contributed by atoms with van der Waals surface area (Å²) in [6.07, 6.45) is 0.338. The lowest BCUT2D eigenvalue weighted by atomic mass is 10.0. The number of nitrogens with zero attached hydrogens (tertiary/aromatic N) is 2. The van der Waals surface area contributed by atoms with Gasteiger partial charge in [-0.3, -0.25) is 9.59 Å². The Labute approximate surface area is 137 Å². The second-order valence-electron chi connectivity index (χ2n) is 5.64. The first-order valence-electron chi connectivity index (χ1n) is 7.47. The van der Waals surface area contributed by atoms with Crippen molar-refractivity contribution in [2.24, 2.45) is 11.8 Å². The molecular formula is C16H17N3O5. The van der Waals surface area contributed by atoms with Gasteiger partial charge in [-0.1, -0.05) is 23.4 Å². The van der Waals surface area contributed by atoms with Crippen molar-refractivity contribution < 1.29 is 24.0 Å². The number of para-hydroxylation sites is 1. The fourth-order valence-electron chi connectivity index (χ4n) is 2.63. The zero-order valence-corrected chi connectivity index (χ0v) is 13.2. The van der Waals surface area contributed by atoms with Crippen LogP contribution in [0, 0.1) is 18.8 Å². The summed E-state index contributed by atoms with van der Waals surface area (Å²) in [6, 6.07) is 6.49. The number of carbonyl (C=O) groups excluding carboxylic acids is 1. The maximum Gasteiger partial charge on any atom is 0.307 e. The van der Waals surface area contributed by atoms with E-state index in [1.807, 2.05) is 6.07 Å². The van der Waals surface area contributed by atoms with Gasteiger partial charge in [0.15, 0.2) is 5.82 Å². The molecule has 3 rings (SSSR count). The molecule has 0 aliphatic heterocycles. The lowest BCUT2D eigenvalue weighted by Gasteiger charge is -2.18. The lowest BCUT2D eigenvalue weighted by Crippen LogP contribution is -2.32. The zero-order valence-electron chi connectivity index (χ0n) is 13.2. The van der Waals surface area contributed by atoms with E-state index in [2.05, 4.69) is 15.5 Å². The Bertz CT molecular complexity index is 773. The molecule has 24 heavy (non-hydrogen) atoms. The Morgan fingerprint density at radius 3 is 2.71 bits per heavy atom. The number of carbonyl (C=O) groups is 2. The molecule has 1 amide bonds. The van der Waals surface area contributed by atoms with Crippen molar-refractivity contribution >= 4 is 11.9 Å². The van der Waals surface area contributed by atoms with E-state index in [1.165, 1.54) is 7.11 Å². The SMILES string of the molecule is COc1ccccc1[C@H](NC(=O)[C@@H]1C[C@H]1C(=O)O)c1noc(C)n1. The van der Waals surface area contributed by atoms with Crippen LogP contribution in [0.1, 0.15) is 29.7 Å². The number of carboxylic acid groups (broad SMARTS) is 1. The van der Waals surface area contributed by atoms with Crippen LogP contribution in [-0.2, 0) is 9.59 Å². The molecule has 2 aromatic rings. The van der Waals surface area contributed by atoms with Gasteiger partial charge in [0.25, 0.3) is 0 Å². The number of aromatic nitrogens is 2. The Balaban J connectivity index is 1.89. The van der Waals surface area contributed by atoms with Crippen molar-refractivity contribution in [1.29, 1.82) is 0 Å². The zero-order chi connectivity index (χ0) is 17.3. The molecule has 1 aromatic heterocycles. The van der Waals surface area contributed by atoms with Gasteiger partial charge in [-0.15, -0.1) is 0 Å². The van der Waals surface area contributed by atoms with E-state index in [0.29, 0.717) is 23.6 Å². The average Bonchev–Trinajstić information content (AvgIpc) is 3.28. The number of aliphatic carboxylic acids is 1. The minimum Gasteiger partial charge on any atom is -0.496 e. The van der Waals surface area contributed by atoms with Crippen LogP contribution >= 0.6 is 0 Å². The van der Waals surface area contributed by atoms with E-state index in [-0.39, 0.29) is 11.7 Å². The number of amides is 1. The molecule has 1 aliphatic carbocycles. The van der Waals surface area contributed by atoms with Crippen molar-refractivity contribution in [2.75, 3.05) is 7.11 Å². The topological polar surface area (TPSA) is 115 Å². The molecule has 8 nitrogen and oxygen atoms in total. The first-order chi connectivity index (χ1) is 11.5. The van der Waals surface area contributed by atoms with Crippen molar-refractivity contribution in [3.63, 3.8) is 0 Å². The molecule has 1 aromatic carbocycles. The summed E-state index contributed by atoms with van der Waals surface area (Å²) in [5.41, 5.74) is 0.668. The highest BCUT2D eigenvalue weighted by atomic mass is 16.5. The number of hydrogen-bond acceptors (Lipinski definition) is 6. The standard InChI is InChI=1S/C16H17N3O5/c1-8-17-14(19-24-8)13(9-5-3-4-6-12(9)23-2)18-15(20)10-7-11(10)16(21)22/h3-6,10-11,13H,7H2,1-2H3,(H,18,20)(H,21,22)/t10-,11-,13+/m1/s1. The van der Waals surface area contributed by atoms with Crippen molar-refractivity contribution in [2.45, 2.75) is 19.4 Å². The van der Waals surface area contributed by atoms with Gasteiger partial charge in [0.1, 0.15) is 11.8 Å². The quantitative estimate of drug-likeness (QED) is 0.820. The summed E-state index contributed by atoms with van der Waals surface area (Å²) >= 11 is 0. The van der Waals surface area contributed by atoms with Crippen LogP contribution in [0.2, 0.25) is 0 Å². The summed E-state index contributed by atoms with van der Waals surface area (Å²) in [7, 11) is 1.53. The van der Waals surface area contributed by atoms with E-state index < -0.39 is 23.8 Å². The van der Waals surface area contributed by atoms with Crippen LogP contribution in [0.15, 0.2) is 28.8 Å². The van der Waals surface area contributed by atoms with Crippen LogP contribution in [0.4, 0.5) is 0 Å². The molecule has 0 radical (unpaired) electrons. The molecule has 1 fully saturated rings. The summed E-state index contributed by atoms with van der Waals surface area (Å²) in [5.74, 6) is -1.24. The van der Waals surface area contributed by atoms with Crippen LogP contribution in [0.5, 0.6) is 5.75 Å². The second kappa shape index (κ2) is 6.31. The van der Waals surface area contributed by atoms with Gasteiger partial charge >= 0.3 is 5.97 Å². The van der Waals surface area contributed by atoms with Crippen LogP contribution in [0.25, 0.3) is 0 Å². The molecule has 0 bridgehead atoms. The van der Waals surface area contributed by atoms with Gasteiger partial charge < -0.3 is 19.7 Å². The fourth-order valence-corrected chi connectivity index (χ4v) is 2.63. The largest absolute Gasteiger partial charge is 0.496 e. The number of carboxylic acids is 1. The van der Waals surface area contributed by atoms with E-state index in [4.69, 9.17) is 14.4 Å². The molecule has 3 atom stereocenters. The van der Waals surface area contributed by atoms with E-state index in [0.717, 1.165) is 0 Å². The molecule has 0 saturated heterocycles. The molecule has 1 saturated carbocycles. The normalized spacial score (nSPS) is 20.2. The third kappa shape index (κ3) is 3.08. The maximum atomic E-state index is 12.4. The molecule has 2 N–H and O–H groups in total. The smallest absolute Gasteiger partial charge is 0.307 e. The van der Waals surface area contributed by atoms with E-state index in [1.54, 1.807) is 25.1 Å². The third-order valence-corrected chi connectivity index (χ3v) is 3.98. The number of benzene rings is 1. The Morgan fingerprint density at radius 1 is 1.38 bits per heavy atom. The summed E-state index contributed by atoms with van der Waals surface area (Å²) in [5, 5.41) is 15.7. The molecule has 0 spiro atoms. The van der Waals surface area contributed by atoms with E-state index >= 15 is 0 Å². The first kappa shape index (κ1) is 16.0. The van der Waals surface area contributed by atoms with Gasteiger partial charge in [-0.25, -0.2) is 0 Å². The number of ether oxygens (including phenoxy) is 1. The fraction of sp³-hybridized carbons (Fsp3) is 0.375. The maximum absolute atomic E-state index is 12.4. The highest BCUT2D eigenvalue weighted by molar-refractivity contribution is 5.89. The molecular weight excluding hydrogens is 314 g/mol. The summed E-state index contributed by atoms with van der Waals surface area (Å²) in [4.78, 5) is 27.5. The Kier molecular flexibility index (Phi) is 4.20. The van der Waals surface area contributed by atoms with E-state index in [9.17, 15) is 9.59 Å². The van der Waals surface area contributed by atoms with Crippen molar-refractivity contribution in [3.05, 3.63) is 41.5 Å². The molecule has 126 valence electrons. The van der Waals surface area contributed by atoms with Gasteiger partial charge in [-0.05, 0) is 12.5 Å². The number of rotatable bonds is 6. The van der Waals surface area contributed by atoms with Crippen LogP contribution in [-0.4, -0.2) is 34.2 Å². The first-order valence-corrected chi connectivity index (χ1v) is 7.47. The number of hydrogen-bond donors (Lipinski definition) is 2. The average molecular weight is 331 g/mol. The number of aryl methyl sites for hydroxylation is 1. The monoisotopic (exact) mass is 331 g/mol. The van der Waals surface area contributed by atoms with Crippen LogP contribution < -0.4 is 10.1 Å². The van der Waals surface area contributed by atoms with Crippen LogP contribution in [0.3, 0.4) is 0 Å². The predicted octanol–water partition coefficient (Wildman–Crippen LogP) is 1.31. The third-order valence-electron chi connectivity index (χ3n) is 3.98. The molecule has 1 heterocycles. The Morgan fingerprint density at radius 2 is 2.12 bits per heavy atom. The highest BCUT2D eigenvalue weighted by Crippen LogP contribution is 2.39. The van der Waals surface area contributed by atoms with Crippen molar-refractivity contribution in [1.82, 2.24) is 15.5 Å². The number of methoxy groups -OCH3 is 1. The predicted molar refractivity (Wildman–Crippen MR) is 81.2 cm³/mol. The van der Waals surface area contributed by atoms with Gasteiger partial charge in [-0.2, -0.15) is 4.98 Å². The number of nitrogens with one attached hydrogen (secondary N) is 1. The molecule has 0 unspecified atom stereocenters. The summed E-state index contributed by atoms with van der Waals surface area (Å²) < 4.78 is 10.4. The van der Waals surface area contributed by atoms with Gasteiger partial charge in [0, 0.05) is 12.5 Å². The minimum absolute atomic E-state index is 0.290.